The van der Waals surface area contributed by atoms with E-state index in [-0.39, 0.29) is 54.7 Å². The Morgan fingerprint density at radius 2 is 1.55 bits per heavy atom. The van der Waals surface area contributed by atoms with E-state index in [0.29, 0.717) is 72.8 Å². The van der Waals surface area contributed by atoms with Crippen LogP contribution >= 0.6 is 0 Å². The second-order valence-electron chi connectivity index (χ2n) is 14.2. The number of pyridine rings is 1. The molecule has 2 fully saturated rings. The van der Waals surface area contributed by atoms with Gasteiger partial charge in [0.05, 0.1) is 24.0 Å². The molecule has 1 saturated carbocycles. The van der Waals surface area contributed by atoms with Gasteiger partial charge in [-0.3, -0.25) is 4.98 Å². The summed E-state index contributed by atoms with van der Waals surface area (Å²) < 4.78 is 86.1. The third kappa shape index (κ3) is 6.99. The lowest BCUT2D eigenvalue weighted by Crippen LogP contribution is -2.36. The zero-order valence-corrected chi connectivity index (χ0v) is 26.5. The van der Waals surface area contributed by atoms with Gasteiger partial charge < -0.3 is 15.1 Å². The number of hydrogen-bond donors (Lipinski definition) is 2. The number of alkyl halides is 6. The molecule has 2 aromatic heterocycles. The third-order valence-electron chi connectivity index (χ3n) is 10.1. The van der Waals surface area contributed by atoms with Crippen molar-refractivity contribution in [2.24, 2.45) is 5.41 Å². The number of rotatable bonds is 6. The van der Waals surface area contributed by atoms with Crippen LogP contribution in [0, 0.1) is 5.41 Å². The molecule has 1 aromatic carbocycles. The van der Waals surface area contributed by atoms with Crippen molar-refractivity contribution in [3.63, 3.8) is 0 Å². The second-order valence-corrected chi connectivity index (χ2v) is 14.2. The summed E-state index contributed by atoms with van der Waals surface area (Å²) in [6.45, 7) is 4.92. The van der Waals surface area contributed by atoms with E-state index in [0.717, 1.165) is 24.3 Å². The largest absolute Gasteiger partial charge is 0.416 e. The molecule has 6 rings (SSSR count). The molecule has 3 heterocycles. The summed E-state index contributed by atoms with van der Waals surface area (Å²) >= 11 is 0. The van der Waals surface area contributed by atoms with Gasteiger partial charge in [-0.1, -0.05) is 26.0 Å². The fourth-order valence-electron chi connectivity index (χ4n) is 7.66. The van der Waals surface area contributed by atoms with Gasteiger partial charge in [0.15, 0.2) is 6.17 Å². The van der Waals surface area contributed by atoms with Gasteiger partial charge in [0.25, 0.3) is 0 Å². The quantitative estimate of drug-likeness (QED) is 0.260. The Bertz CT molecular complexity index is 1560. The number of aromatic nitrogens is 3. The minimum absolute atomic E-state index is 0.0174. The minimum Gasteiger partial charge on any atom is -0.392 e. The molecule has 254 valence electrons. The van der Waals surface area contributed by atoms with E-state index in [1.165, 1.54) is 0 Å². The van der Waals surface area contributed by atoms with Gasteiger partial charge in [0.1, 0.15) is 0 Å². The van der Waals surface area contributed by atoms with Crippen LogP contribution in [0.4, 0.5) is 32.3 Å². The molecule has 0 spiro atoms. The van der Waals surface area contributed by atoms with Crippen LogP contribution in [-0.4, -0.2) is 44.2 Å². The van der Waals surface area contributed by atoms with Gasteiger partial charge in [-0.2, -0.15) is 13.2 Å². The number of aliphatic hydroxyl groups excluding tert-OH is 2. The Morgan fingerprint density at radius 3 is 2.13 bits per heavy atom. The highest BCUT2D eigenvalue weighted by Gasteiger charge is 2.43. The van der Waals surface area contributed by atoms with Crippen LogP contribution in [0.1, 0.15) is 128 Å². The van der Waals surface area contributed by atoms with Crippen molar-refractivity contribution >= 4 is 5.95 Å². The van der Waals surface area contributed by atoms with Crippen molar-refractivity contribution in [1.29, 1.82) is 0 Å². The van der Waals surface area contributed by atoms with Crippen LogP contribution in [0.25, 0.3) is 0 Å². The molecule has 2 N–H and O–H groups in total. The first-order valence-electron chi connectivity index (χ1n) is 16.3. The molecular formula is C35H40F6N4O2. The Kier molecular flexibility index (Phi) is 9.06. The normalized spacial score (nSPS) is 22.6. The van der Waals surface area contributed by atoms with Crippen LogP contribution in [0.5, 0.6) is 0 Å². The highest BCUT2D eigenvalue weighted by Crippen LogP contribution is 2.52. The van der Waals surface area contributed by atoms with E-state index < -0.39 is 35.9 Å². The lowest BCUT2D eigenvalue weighted by molar-refractivity contribution is -0.137. The summed E-state index contributed by atoms with van der Waals surface area (Å²) in [4.78, 5) is 15.8. The maximum atomic E-state index is 17.1. The first-order valence-corrected chi connectivity index (χ1v) is 16.3. The molecule has 1 aliphatic heterocycles. The number of nitrogens with zero attached hydrogens (tertiary/aromatic N) is 4. The average molecular weight is 663 g/mol. The van der Waals surface area contributed by atoms with Crippen LogP contribution in [-0.2, 0) is 19.2 Å². The van der Waals surface area contributed by atoms with Gasteiger partial charge in [-0.05, 0) is 73.1 Å². The van der Waals surface area contributed by atoms with Gasteiger partial charge in [-0.15, -0.1) is 0 Å². The molecule has 6 nitrogen and oxygen atoms in total. The van der Waals surface area contributed by atoms with E-state index in [1.54, 1.807) is 12.4 Å². The zero-order valence-electron chi connectivity index (χ0n) is 26.5. The number of benzene rings is 1. The molecule has 3 aromatic rings. The summed E-state index contributed by atoms with van der Waals surface area (Å²) in [6.07, 6.45) is -2.84. The SMILES string of the molecule is CC1(C)Cc2nc(C3CCN(c4ncc(CO)cn4)CC3)c(C(F)c3ccc(C(F)(F)F)cc3)c(C3CCC(F)(F)CC3)c2C(O)C1. The van der Waals surface area contributed by atoms with Crippen molar-refractivity contribution in [3.05, 3.63) is 81.4 Å². The van der Waals surface area contributed by atoms with Crippen LogP contribution in [0.15, 0.2) is 36.7 Å². The Hall–Kier alpha value is -3.25. The van der Waals surface area contributed by atoms with Crippen molar-refractivity contribution < 1.29 is 36.6 Å². The number of piperidine rings is 1. The van der Waals surface area contributed by atoms with Gasteiger partial charge in [-0.25, -0.2) is 23.1 Å². The lowest BCUT2D eigenvalue weighted by Gasteiger charge is -2.41. The standard InChI is InChI=1S/C35H40F6N4O2/c1-33(2)15-25-28(26(47)16-33)27(21-7-11-34(37,38)12-8-21)29(30(36)22-3-5-24(6-4-22)35(39,40)41)31(44-25)23-9-13-45(14-10-23)32-42-17-20(19-46)18-43-32/h3-6,17-18,21,23,26,30,46-47H,7-16,19H2,1-2H3. The highest BCUT2D eigenvalue weighted by molar-refractivity contribution is 5.51. The predicted octanol–water partition coefficient (Wildman–Crippen LogP) is 8.12. The first kappa shape index (κ1) is 33.6. The van der Waals surface area contributed by atoms with E-state index in [4.69, 9.17) is 4.98 Å². The summed E-state index contributed by atoms with van der Waals surface area (Å²) in [5.74, 6) is -3.02. The Balaban J connectivity index is 1.46. The van der Waals surface area contributed by atoms with Crippen molar-refractivity contribution in [2.75, 3.05) is 18.0 Å². The van der Waals surface area contributed by atoms with Crippen LogP contribution in [0.2, 0.25) is 0 Å². The Labute approximate surface area is 270 Å². The van der Waals surface area contributed by atoms with Crippen LogP contribution in [0.3, 0.4) is 0 Å². The lowest BCUT2D eigenvalue weighted by atomic mass is 9.68. The van der Waals surface area contributed by atoms with E-state index in [2.05, 4.69) is 9.97 Å². The highest BCUT2D eigenvalue weighted by atomic mass is 19.4. The zero-order chi connectivity index (χ0) is 33.7. The molecular weight excluding hydrogens is 622 g/mol. The molecule has 47 heavy (non-hydrogen) atoms. The third-order valence-corrected chi connectivity index (χ3v) is 10.1. The average Bonchev–Trinajstić information content (AvgIpc) is 3.03. The fourth-order valence-corrected chi connectivity index (χ4v) is 7.66. The summed E-state index contributed by atoms with van der Waals surface area (Å²) in [6, 6.07) is 3.97. The summed E-state index contributed by atoms with van der Waals surface area (Å²) in [5, 5.41) is 20.9. The molecule has 0 bridgehead atoms. The van der Waals surface area contributed by atoms with Crippen LogP contribution < -0.4 is 4.90 Å². The number of fused-ring (bicyclic) bond motifs is 1. The molecule has 0 radical (unpaired) electrons. The topological polar surface area (TPSA) is 82.4 Å². The predicted molar refractivity (Wildman–Crippen MR) is 164 cm³/mol. The molecule has 12 heteroatoms. The van der Waals surface area contributed by atoms with Crippen molar-refractivity contribution in [2.45, 2.75) is 108 Å². The summed E-state index contributed by atoms with van der Waals surface area (Å²) in [5.41, 5.74) is 1.76. The number of aliphatic hydroxyl groups is 2. The molecule has 2 unspecified atom stereocenters. The summed E-state index contributed by atoms with van der Waals surface area (Å²) in [7, 11) is 0. The van der Waals surface area contributed by atoms with E-state index in [1.807, 2.05) is 18.7 Å². The van der Waals surface area contributed by atoms with Crippen molar-refractivity contribution in [3.8, 4) is 0 Å². The van der Waals surface area contributed by atoms with Gasteiger partial charge >= 0.3 is 6.18 Å². The van der Waals surface area contributed by atoms with Gasteiger partial charge in [0.2, 0.25) is 11.9 Å². The maximum absolute atomic E-state index is 17.1. The monoisotopic (exact) mass is 662 g/mol. The molecule has 3 aliphatic rings. The number of hydrogen-bond acceptors (Lipinski definition) is 6. The molecule has 2 atom stereocenters. The fraction of sp³-hybridized carbons (Fsp3) is 0.571. The second kappa shape index (κ2) is 12.7. The van der Waals surface area contributed by atoms with Gasteiger partial charge in [0, 0.05) is 66.6 Å². The Morgan fingerprint density at radius 1 is 0.936 bits per heavy atom. The molecule has 1 saturated heterocycles. The number of anilines is 1. The van der Waals surface area contributed by atoms with E-state index in [9.17, 15) is 32.2 Å². The minimum atomic E-state index is -4.59. The molecule has 2 aliphatic carbocycles. The van der Waals surface area contributed by atoms with E-state index >= 15 is 4.39 Å². The first-order chi connectivity index (χ1) is 22.2. The molecule has 0 amide bonds. The van der Waals surface area contributed by atoms with Crippen molar-refractivity contribution in [1.82, 2.24) is 15.0 Å². The maximum Gasteiger partial charge on any atom is 0.416 e. The smallest absolute Gasteiger partial charge is 0.392 e. The number of halogens is 6.